The Morgan fingerprint density at radius 3 is 3.00 bits per heavy atom. The normalized spacial score (nSPS) is 19.1. The van der Waals surface area contributed by atoms with Crippen LogP contribution in [0.2, 0.25) is 0 Å². The third kappa shape index (κ3) is 3.66. The first-order valence-corrected chi connectivity index (χ1v) is 8.07. The van der Waals surface area contributed by atoms with Gasteiger partial charge in [-0.2, -0.15) is 0 Å². The summed E-state index contributed by atoms with van der Waals surface area (Å²) in [6.45, 7) is 2.98. The second-order valence-electron chi connectivity index (χ2n) is 5.12. The number of rotatable bonds is 4. The molecule has 1 aliphatic heterocycles. The summed E-state index contributed by atoms with van der Waals surface area (Å²) in [6, 6.07) is 5.06. The van der Waals surface area contributed by atoms with Gasteiger partial charge < -0.3 is 10.6 Å². The highest BCUT2D eigenvalue weighted by Gasteiger charge is 2.24. The van der Waals surface area contributed by atoms with E-state index in [9.17, 15) is 9.18 Å². The highest BCUT2D eigenvalue weighted by Crippen LogP contribution is 2.25. The highest BCUT2D eigenvalue weighted by atomic mass is 32.2. The average Bonchev–Trinajstić information content (AvgIpc) is 2.48. The summed E-state index contributed by atoms with van der Waals surface area (Å²) in [7, 11) is 0. The number of hydrogen-bond acceptors (Lipinski definition) is 3. The molecule has 1 aliphatic rings. The van der Waals surface area contributed by atoms with Crippen LogP contribution in [0.15, 0.2) is 23.1 Å². The van der Waals surface area contributed by atoms with Crippen molar-refractivity contribution in [3.8, 4) is 0 Å². The molecular weight excluding hydrogens is 275 g/mol. The van der Waals surface area contributed by atoms with E-state index in [0.29, 0.717) is 11.8 Å². The van der Waals surface area contributed by atoms with Gasteiger partial charge in [0.05, 0.1) is 11.4 Å². The first kappa shape index (κ1) is 15.2. The maximum absolute atomic E-state index is 13.3. The van der Waals surface area contributed by atoms with E-state index in [0.717, 1.165) is 30.7 Å². The zero-order chi connectivity index (χ0) is 14.5. The molecule has 0 bridgehead atoms. The van der Waals surface area contributed by atoms with Crippen molar-refractivity contribution in [3.63, 3.8) is 0 Å². The largest absolute Gasteiger partial charge is 0.396 e. The second kappa shape index (κ2) is 6.97. The minimum atomic E-state index is -0.424. The molecule has 0 radical (unpaired) electrons. The van der Waals surface area contributed by atoms with Gasteiger partial charge in [-0.1, -0.05) is 6.92 Å². The Hall–Kier alpha value is -1.23. The third-order valence-electron chi connectivity index (χ3n) is 3.75. The lowest BCUT2D eigenvalue weighted by Gasteiger charge is -2.35. The van der Waals surface area contributed by atoms with Crippen molar-refractivity contribution in [2.75, 3.05) is 18.0 Å². The number of thioether (sulfide) groups is 1. The first-order chi connectivity index (χ1) is 9.61. The lowest BCUT2D eigenvalue weighted by Crippen LogP contribution is -2.44. The van der Waals surface area contributed by atoms with E-state index in [1.807, 2.05) is 4.90 Å². The van der Waals surface area contributed by atoms with Gasteiger partial charge in [0.15, 0.2) is 0 Å². The zero-order valence-corrected chi connectivity index (χ0v) is 12.6. The van der Waals surface area contributed by atoms with Crippen LogP contribution in [0, 0.1) is 5.82 Å². The Labute approximate surface area is 123 Å². The van der Waals surface area contributed by atoms with Crippen molar-refractivity contribution in [2.24, 2.45) is 0 Å². The van der Waals surface area contributed by atoms with Crippen LogP contribution in [0.4, 0.5) is 10.1 Å². The smallest absolute Gasteiger partial charge is 0.233 e. The molecule has 5 heteroatoms. The van der Waals surface area contributed by atoms with Gasteiger partial charge in [0.2, 0.25) is 5.91 Å². The van der Waals surface area contributed by atoms with Crippen LogP contribution < -0.4 is 5.73 Å². The van der Waals surface area contributed by atoms with Crippen molar-refractivity contribution >= 4 is 23.4 Å². The van der Waals surface area contributed by atoms with Crippen molar-refractivity contribution in [3.05, 3.63) is 24.0 Å². The Kier molecular flexibility index (Phi) is 5.29. The van der Waals surface area contributed by atoms with E-state index >= 15 is 0 Å². The Bertz CT molecular complexity index is 481. The number of hydrogen-bond donors (Lipinski definition) is 1. The van der Waals surface area contributed by atoms with E-state index in [2.05, 4.69) is 6.92 Å². The summed E-state index contributed by atoms with van der Waals surface area (Å²) >= 11 is 1.37. The monoisotopic (exact) mass is 296 g/mol. The Morgan fingerprint density at radius 1 is 1.50 bits per heavy atom. The molecule has 1 unspecified atom stereocenters. The van der Waals surface area contributed by atoms with Gasteiger partial charge in [-0.25, -0.2) is 4.39 Å². The summed E-state index contributed by atoms with van der Waals surface area (Å²) in [5.74, 6) is 0.0884. The van der Waals surface area contributed by atoms with Crippen molar-refractivity contribution in [2.45, 2.75) is 43.5 Å². The second-order valence-corrected chi connectivity index (χ2v) is 6.17. The van der Waals surface area contributed by atoms with Gasteiger partial charge in [0, 0.05) is 17.5 Å². The predicted octanol–water partition coefficient (Wildman–Crippen LogP) is 3.29. The minimum absolute atomic E-state index is 0.141. The topological polar surface area (TPSA) is 46.3 Å². The SMILES string of the molecule is CCC1CCCCN1C(=O)CSc1ccc(N)c(F)c1. The number of carbonyl (C=O) groups is 1. The first-order valence-electron chi connectivity index (χ1n) is 7.09. The molecule has 0 aliphatic carbocycles. The fourth-order valence-electron chi connectivity index (χ4n) is 2.58. The van der Waals surface area contributed by atoms with Gasteiger partial charge in [-0.3, -0.25) is 4.79 Å². The number of nitrogen functional groups attached to an aromatic ring is 1. The summed E-state index contributed by atoms with van der Waals surface area (Å²) in [6.07, 6.45) is 4.40. The summed E-state index contributed by atoms with van der Waals surface area (Å²) in [4.78, 5) is 15.0. The third-order valence-corrected chi connectivity index (χ3v) is 4.73. The summed E-state index contributed by atoms with van der Waals surface area (Å²) in [5.41, 5.74) is 5.58. The molecule has 0 saturated carbocycles. The molecular formula is C15H21FN2OS. The number of nitrogens with zero attached hydrogens (tertiary/aromatic N) is 1. The number of amides is 1. The number of carbonyl (C=O) groups excluding carboxylic acids is 1. The summed E-state index contributed by atoms with van der Waals surface area (Å²) < 4.78 is 13.3. The number of piperidine rings is 1. The highest BCUT2D eigenvalue weighted by molar-refractivity contribution is 8.00. The molecule has 0 aromatic heterocycles. The molecule has 3 nitrogen and oxygen atoms in total. The maximum atomic E-state index is 13.3. The fourth-order valence-corrected chi connectivity index (χ4v) is 3.39. The molecule has 0 spiro atoms. The lowest BCUT2D eigenvalue weighted by molar-refractivity contribution is -0.132. The number of benzene rings is 1. The van der Waals surface area contributed by atoms with E-state index < -0.39 is 5.82 Å². The molecule has 1 saturated heterocycles. The van der Waals surface area contributed by atoms with Crippen LogP contribution in [0.1, 0.15) is 32.6 Å². The molecule has 1 aromatic rings. The van der Waals surface area contributed by atoms with Crippen molar-refractivity contribution in [1.29, 1.82) is 0 Å². The van der Waals surface area contributed by atoms with E-state index in [1.165, 1.54) is 30.3 Å². The molecule has 1 fully saturated rings. The molecule has 1 amide bonds. The number of halogens is 1. The van der Waals surface area contributed by atoms with E-state index in [4.69, 9.17) is 5.73 Å². The molecule has 1 heterocycles. The van der Waals surface area contributed by atoms with Crippen LogP contribution in [-0.2, 0) is 4.79 Å². The van der Waals surface area contributed by atoms with E-state index in [-0.39, 0.29) is 11.6 Å². The fraction of sp³-hybridized carbons (Fsp3) is 0.533. The Balaban J connectivity index is 1.92. The molecule has 1 aromatic carbocycles. The van der Waals surface area contributed by atoms with Crippen molar-refractivity contribution < 1.29 is 9.18 Å². The van der Waals surface area contributed by atoms with Gasteiger partial charge in [0.1, 0.15) is 5.82 Å². The average molecular weight is 296 g/mol. The van der Waals surface area contributed by atoms with E-state index in [1.54, 1.807) is 6.07 Å². The number of nitrogens with two attached hydrogens (primary N) is 1. The van der Waals surface area contributed by atoms with Gasteiger partial charge in [-0.15, -0.1) is 11.8 Å². The molecule has 2 N–H and O–H groups in total. The lowest BCUT2D eigenvalue weighted by atomic mass is 10.0. The molecule has 20 heavy (non-hydrogen) atoms. The number of likely N-dealkylation sites (tertiary alicyclic amines) is 1. The van der Waals surface area contributed by atoms with Gasteiger partial charge in [-0.05, 0) is 43.9 Å². The summed E-state index contributed by atoms with van der Waals surface area (Å²) in [5, 5.41) is 0. The van der Waals surface area contributed by atoms with Gasteiger partial charge in [0.25, 0.3) is 0 Å². The molecule has 1 atom stereocenters. The van der Waals surface area contributed by atoms with Crippen LogP contribution >= 0.6 is 11.8 Å². The van der Waals surface area contributed by atoms with Crippen LogP contribution in [0.25, 0.3) is 0 Å². The molecule has 110 valence electrons. The van der Waals surface area contributed by atoms with Crippen LogP contribution in [0.5, 0.6) is 0 Å². The number of anilines is 1. The minimum Gasteiger partial charge on any atom is -0.396 e. The standard InChI is InChI=1S/C15H21FN2OS/c1-2-11-5-3-4-8-18(11)15(19)10-20-12-6-7-14(17)13(16)9-12/h6-7,9,11H,2-5,8,10,17H2,1H3. The van der Waals surface area contributed by atoms with Crippen LogP contribution in [-0.4, -0.2) is 29.1 Å². The quantitative estimate of drug-likeness (QED) is 0.685. The zero-order valence-electron chi connectivity index (χ0n) is 11.8. The van der Waals surface area contributed by atoms with Crippen molar-refractivity contribution in [1.82, 2.24) is 4.90 Å². The van der Waals surface area contributed by atoms with Gasteiger partial charge >= 0.3 is 0 Å². The molecule has 2 rings (SSSR count). The maximum Gasteiger partial charge on any atom is 0.233 e. The predicted molar refractivity (Wildman–Crippen MR) is 81.2 cm³/mol. The van der Waals surface area contributed by atoms with Crippen LogP contribution in [0.3, 0.4) is 0 Å². The Morgan fingerprint density at radius 2 is 2.30 bits per heavy atom.